The molecule has 114 valence electrons. The lowest BCUT2D eigenvalue weighted by Gasteiger charge is -2.34. The molecule has 21 heavy (non-hydrogen) atoms. The van der Waals surface area contributed by atoms with E-state index in [4.69, 9.17) is 17.3 Å². The fourth-order valence-corrected chi connectivity index (χ4v) is 3.90. The van der Waals surface area contributed by atoms with Crippen LogP contribution in [-0.2, 0) is 15.6 Å². The Balaban J connectivity index is 2.65. The first-order valence-corrected chi connectivity index (χ1v) is 7.82. The molecule has 0 saturated heterocycles. The van der Waals surface area contributed by atoms with Crippen molar-refractivity contribution in [2.24, 2.45) is 10.7 Å². The fourth-order valence-electron chi connectivity index (χ4n) is 2.13. The van der Waals surface area contributed by atoms with Crippen LogP contribution in [0.25, 0.3) is 0 Å². The molecule has 8 nitrogen and oxygen atoms in total. The van der Waals surface area contributed by atoms with Gasteiger partial charge in [-0.25, -0.2) is 17.7 Å². The van der Waals surface area contributed by atoms with Gasteiger partial charge in [0.15, 0.2) is 0 Å². The van der Waals surface area contributed by atoms with Gasteiger partial charge in [0.25, 0.3) is 5.69 Å². The summed E-state index contributed by atoms with van der Waals surface area (Å²) in [6, 6.07) is 3.81. The SMILES string of the molecule is CN1C(N)=N[C@](C)(c2cc([N+](=O)[O-])ccc2Cl)CS1(=O)=O. The number of sulfonamides is 1. The first-order valence-electron chi connectivity index (χ1n) is 5.83. The van der Waals surface area contributed by atoms with E-state index in [0.717, 1.165) is 4.31 Å². The van der Waals surface area contributed by atoms with Gasteiger partial charge in [0.05, 0.1) is 10.7 Å². The smallest absolute Gasteiger partial charge is 0.269 e. The molecule has 0 unspecified atom stereocenters. The molecule has 1 aliphatic rings. The van der Waals surface area contributed by atoms with Crippen molar-refractivity contribution in [2.75, 3.05) is 12.8 Å². The zero-order valence-corrected chi connectivity index (χ0v) is 12.8. The Morgan fingerprint density at radius 3 is 2.67 bits per heavy atom. The summed E-state index contributed by atoms with van der Waals surface area (Å²) in [6.07, 6.45) is 0. The quantitative estimate of drug-likeness (QED) is 0.641. The number of hydrogen-bond donors (Lipinski definition) is 1. The van der Waals surface area contributed by atoms with Crippen molar-refractivity contribution in [2.45, 2.75) is 12.5 Å². The zero-order valence-electron chi connectivity index (χ0n) is 11.3. The molecule has 1 heterocycles. The lowest BCUT2D eigenvalue weighted by atomic mass is 9.94. The first kappa shape index (κ1) is 15.5. The second kappa shape index (κ2) is 4.85. The summed E-state index contributed by atoms with van der Waals surface area (Å²) in [4.78, 5) is 14.4. The maximum atomic E-state index is 12.1. The Labute approximate surface area is 126 Å². The Morgan fingerprint density at radius 2 is 2.14 bits per heavy atom. The minimum absolute atomic E-state index is 0.189. The number of rotatable bonds is 2. The second-order valence-corrected chi connectivity index (χ2v) is 7.30. The van der Waals surface area contributed by atoms with Gasteiger partial charge < -0.3 is 5.73 Å². The van der Waals surface area contributed by atoms with Crippen LogP contribution >= 0.6 is 11.6 Å². The van der Waals surface area contributed by atoms with Crippen LogP contribution in [-0.4, -0.2) is 36.4 Å². The van der Waals surface area contributed by atoms with Crippen LogP contribution in [0, 0.1) is 10.1 Å². The molecule has 0 aliphatic carbocycles. The summed E-state index contributed by atoms with van der Waals surface area (Å²) in [5.41, 5.74) is 4.41. The lowest BCUT2D eigenvalue weighted by Crippen LogP contribution is -2.50. The highest BCUT2D eigenvalue weighted by molar-refractivity contribution is 7.89. The van der Waals surface area contributed by atoms with E-state index in [1.165, 1.54) is 32.2 Å². The highest BCUT2D eigenvalue weighted by atomic mass is 35.5. The van der Waals surface area contributed by atoms with Gasteiger partial charge in [-0.2, -0.15) is 0 Å². The van der Waals surface area contributed by atoms with Gasteiger partial charge in [0.2, 0.25) is 16.0 Å². The largest absolute Gasteiger partial charge is 0.369 e. The third-order valence-electron chi connectivity index (χ3n) is 3.31. The summed E-state index contributed by atoms with van der Waals surface area (Å²) in [6.45, 7) is 1.52. The predicted molar refractivity (Wildman–Crippen MR) is 78.6 cm³/mol. The molecule has 0 spiro atoms. The van der Waals surface area contributed by atoms with Gasteiger partial charge in [-0.15, -0.1) is 0 Å². The molecule has 0 saturated carbocycles. The number of benzene rings is 1. The number of nitrogens with zero attached hydrogens (tertiary/aromatic N) is 3. The van der Waals surface area contributed by atoms with E-state index in [1.54, 1.807) is 0 Å². The van der Waals surface area contributed by atoms with E-state index in [2.05, 4.69) is 4.99 Å². The standard InChI is InChI=1S/C11H13ClN4O4S/c1-11(6-21(19,20)15(2)10(13)14-11)8-5-7(16(17)18)3-4-9(8)12/h3-5H,6H2,1-2H3,(H2,13,14)/t11-/m0/s1. The van der Waals surface area contributed by atoms with Gasteiger partial charge in [-0.3, -0.25) is 10.1 Å². The Hall–Kier alpha value is -1.87. The topological polar surface area (TPSA) is 119 Å². The van der Waals surface area contributed by atoms with Crippen LogP contribution in [0.15, 0.2) is 23.2 Å². The molecule has 0 fully saturated rings. The molecular formula is C11H13ClN4O4S. The average molecular weight is 333 g/mol. The van der Waals surface area contributed by atoms with Crippen molar-refractivity contribution in [3.63, 3.8) is 0 Å². The van der Waals surface area contributed by atoms with E-state index in [1.807, 2.05) is 0 Å². The summed E-state index contributed by atoms with van der Waals surface area (Å²) in [5, 5.41) is 11.1. The van der Waals surface area contributed by atoms with E-state index in [-0.39, 0.29) is 28.0 Å². The van der Waals surface area contributed by atoms with Gasteiger partial charge in [0, 0.05) is 29.8 Å². The van der Waals surface area contributed by atoms with Crippen molar-refractivity contribution in [1.29, 1.82) is 0 Å². The molecule has 2 rings (SSSR count). The fraction of sp³-hybridized carbons (Fsp3) is 0.364. The minimum atomic E-state index is -3.67. The van der Waals surface area contributed by atoms with Crippen molar-refractivity contribution in [3.8, 4) is 0 Å². The van der Waals surface area contributed by atoms with Crippen LogP contribution in [0.5, 0.6) is 0 Å². The van der Waals surface area contributed by atoms with E-state index in [0.29, 0.717) is 0 Å². The Morgan fingerprint density at radius 1 is 1.52 bits per heavy atom. The lowest BCUT2D eigenvalue weighted by molar-refractivity contribution is -0.385. The summed E-state index contributed by atoms with van der Waals surface area (Å²) >= 11 is 6.06. The molecule has 1 atom stereocenters. The number of nitro groups is 1. The summed E-state index contributed by atoms with van der Waals surface area (Å²) in [7, 11) is -2.37. The number of aliphatic imine (C=N–C) groups is 1. The van der Waals surface area contributed by atoms with Crippen LogP contribution in [0.1, 0.15) is 12.5 Å². The van der Waals surface area contributed by atoms with Crippen LogP contribution in [0.3, 0.4) is 0 Å². The number of nitrogens with two attached hydrogens (primary N) is 1. The van der Waals surface area contributed by atoms with Gasteiger partial charge in [0.1, 0.15) is 5.54 Å². The van der Waals surface area contributed by atoms with Gasteiger partial charge in [-0.05, 0) is 13.0 Å². The van der Waals surface area contributed by atoms with Crippen molar-refractivity contribution >= 4 is 33.3 Å². The zero-order chi connectivity index (χ0) is 16.0. The van der Waals surface area contributed by atoms with E-state index in [9.17, 15) is 18.5 Å². The normalized spacial score (nSPS) is 24.5. The first-order chi connectivity index (χ1) is 9.57. The van der Waals surface area contributed by atoms with Crippen molar-refractivity contribution in [1.82, 2.24) is 4.31 Å². The molecule has 1 aromatic carbocycles. The molecule has 0 amide bonds. The molecule has 0 bridgehead atoms. The number of hydrogen-bond acceptors (Lipinski definition) is 6. The molecule has 1 aromatic rings. The van der Waals surface area contributed by atoms with E-state index >= 15 is 0 Å². The summed E-state index contributed by atoms with van der Waals surface area (Å²) < 4.78 is 25.1. The van der Waals surface area contributed by atoms with Crippen molar-refractivity contribution in [3.05, 3.63) is 38.9 Å². The molecule has 1 aliphatic heterocycles. The third kappa shape index (κ3) is 2.66. The van der Waals surface area contributed by atoms with Crippen LogP contribution < -0.4 is 5.73 Å². The molecular weight excluding hydrogens is 320 g/mol. The monoisotopic (exact) mass is 332 g/mol. The maximum absolute atomic E-state index is 12.1. The van der Waals surface area contributed by atoms with Gasteiger partial charge >= 0.3 is 0 Å². The van der Waals surface area contributed by atoms with E-state index < -0.39 is 20.5 Å². The molecule has 10 heteroatoms. The van der Waals surface area contributed by atoms with Crippen LogP contribution in [0.4, 0.5) is 5.69 Å². The average Bonchev–Trinajstić information content (AvgIpc) is 2.35. The number of halogens is 1. The van der Waals surface area contributed by atoms with Gasteiger partial charge in [-0.1, -0.05) is 11.6 Å². The third-order valence-corrected chi connectivity index (χ3v) is 5.58. The Kier molecular flexibility index (Phi) is 3.58. The predicted octanol–water partition coefficient (Wildman–Crippen LogP) is 1.05. The molecule has 2 N–H and O–H groups in total. The maximum Gasteiger partial charge on any atom is 0.269 e. The highest BCUT2D eigenvalue weighted by Gasteiger charge is 2.41. The number of non-ortho nitro benzene ring substituents is 1. The molecule has 0 aromatic heterocycles. The minimum Gasteiger partial charge on any atom is -0.369 e. The Bertz CT molecular complexity index is 749. The number of nitro benzene ring substituents is 1. The second-order valence-electron chi connectivity index (χ2n) is 4.89. The van der Waals surface area contributed by atoms with Crippen molar-refractivity contribution < 1.29 is 13.3 Å². The van der Waals surface area contributed by atoms with Crippen LogP contribution in [0.2, 0.25) is 5.02 Å². The highest BCUT2D eigenvalue weighted by Crippen LogP contribution is 2.37. The number of guanidine groups is 1. The summed E-state index contributed by atoms with van der Waals surface area (Å²) in [5.74, 6) is -0.565. The molecule has 0 radical (unpaired) electrons.